The molecule has 0 aliphatic rings. The number of likely N-dealkylation sites (N-methyl/N-ethyl adjacent to an activating group) is 1. The minimum atomic E-state index is -0.518. The van der Waals surface area contributed by atoms with Crippen molar-refractivity contribution in [1.29, 1.82) is 0 Å². The lowest BCUT2D eigenvalue weighted by Crippen LogP contribution is -2.30. The lowest BCUT2D eigenvalue weighted by Gasteiger charge is -2.14. The van der Waals surface area contributed by atoms with Crippen LogP contribution in [0, 0.1) is 0 Å². The molecule has 0 aliphatic heterocycles. The van der Waals surface area contributed by atoms with Crippen LogP contribution in [0.5, 0.6) is 5.75 Å². The zero-order valence-electron chi connectivity index (χ0n) is 10.1. The van der Waals surface area contributed by atoms with Crippen molar-refractivity contribution < 1.29 is 19.2 Å². The van der Waals surface area contributed by atoms with E-state index in [1.165, 1.54) is 14.0 Å². The highest BCUT2D eigenvalue weighted by Gasteiger charge is 2.12. The second kappa shape index (κ2) is 5.89. The minimum Gasteiger partial charge on any atom is -0.497 e. The number of ether oxygens (including phenoxy) is 1. The van der Waals surface area contributed by atoms with Crippen LogP contribution in [0.2, 0.25) is 0 Å². The van der Waals surface area contributed by atoms with Gasteiger partial charge < -0.3 is 9.57 Å². The molecule has 0 saturated heterocycles. The zero-order chi connectivity index (χ0) is 12.8. The Morgan fingerprint density at radius 2 is 1.82 bits per heavy atom. The van der Waals surface area contributed by atoms with Gasteiger partial charge in [0, 0.05) is 14.0 Å². The summed E-state index contributed by atoms with van der Waals surface area (Å²) in [5.74, 6) is -0.0736. The normalized spacial score (nSPS) is 9.59. The Hall–Kier alpha value is -2.04. The molecule has 0 heterocycles. The fourth-order valence-corrected chi connectivity index (χ4v) is 1.27. The van der Waals surface area contributed by atoms with Gasteiger partial charge in [0.25, 0.3) is 5.91 Å². The van der Waals surface area contributed by atoms with Crippen molar-refractivity contribution in [1.82, 2.24) is 5.06 Å². The van der Waals surface area contributed by atoms with Crippen LogP contribution in [0.1, 0.15) is 12.5 Å². The summed E-state index contributed by atoms with van der Waals surface area (Å²) in [6.07, 6.45) is 0.174. The number of benzene rings is 1. The Labute approximate surface area is 99.9 Å². The van der Waals surface area contributed by atoms with Gasteiger partial charge in [-0.05, 0) is 17.7 Å². The number of carbonyl (C=O) groups excluding carboxylic acids is 2. The number of hydroxylamine groups is 2. The van der Waals surface area contributed by atoms with E-state index in [-0.39, 0.29) is 12.3 Å². The van der Waals surface area contributed by atoms with E-state index in [0.29, 0.717) is 0 Å². The van der Waals surface area contributed by atoms with E-state index in [9.17, 15) is 9.59 Å². The summed E-state index contributed by atoms with van der Waals surface area (Å²) in [5, 5.41) is 0.937. The summed E-state index contributed by atoms with van der Waals surface area (Å²) in [5.41, 5.74) is 0.829. The standard InChI is InChI=1S/C12H15NO4/c1-9(14)17-13(2)12(15)8-10-4-6-11(16-3)7-5-10/h4-7H,8H2,1-3H3. The van der Waals surface area contributed by atoms with E-state index in [0.717, 1.165) is 16.4 Å². The molecule has 0 aromatic heterocycles. The van der Waals surface area contributed by atoms with Crippen LogP contribution in [0.3, 0.4) is 0 Å². The smallest absolute Gasteiger partial charge is 0.329 e. The zero-order valence-corrected chi connectivity index (χ0v) is 10.1. The van der Waals surface area contributed by atoms with Gasteiger partial charge in [-0.15, -0.1) is 0 Å². The first kappa shape index (κ1) is 13.0. The Morgan fingerprint density at radius 1 is 1.24 bits per heavy atom. The van der Waals surface area contributed by atoms with Crippen molar-refractivity contribution in [2.45, 2.75) is 13.3 Å². The maximum Gasteiger partial charge on any atom is 0.329 e. The van der Waals surface area contributed by atoms with Crippen molar-refractivity contribution in [2.24, 2.45) is 0 Å². The van der Waals surface area contributed by atoms with Crippen LogP contribution in [0.25, 0.3) is 0 Å². The predicted octanol–water partition coefficient (Wildman–Crippen LogP) is 1.17. The summed E-state index contributed by atoms with van der Waals surface area (Å²) in [4.78, 5) is 26.9. The number of methoxy groups -OCH3 is 1. The first-order chi connectivity index (χ1) is 8.02. The van der Waals surface area contributed by atoms with Gasteiger partial charge in [-0.25, -0.2) is 0 Å². The highest BCUT2D eigenvalue weighted by Crippen LogP contribution is 2.12. The van der Waals surface area contributed by atoms with Gasteiger partial charge in [-0.1, -0.05) is 12.1 Å². The van der Waals surface area contributed by atoms with Crippen molar-refractivity contribution in [3.05, 3.63) is 29.8 Å². The average molecular weight is 237 g/mol. The van der Waals surface area contributed by atoms with Gasteiger partial charge in [0.1, 0.15) is 5.75 Å². The summed E-state index contributed by atoms with van der Waals surface area (Å²) < 4.78 is 5.01. The van der Waals surface area contributed by atoms with Crippen LogP contribution < -0.4 is 4.74 Å². The van der Waals surface area contributed by atoms with Gasteiger partial charge in [-0.3, -0.25) is 9.59 Å². The molecular weight excluding hydrogens is 222 g/mol. The molecule has 1 rings (SSSR count). The third-order valence-electron chi connectivity index (χ3n) is 2.13. The van der Waals surface area contributed by atoms with Crippen molar-refractivity contribution in [2.75, 3.05) is 14.2 Å². The summed E-state index contributed by atoms with van der Waals surface area (Å²) in [6, 6.07) is 7.12. The second-order valence-electron chi connectivity index (χ2n) is 3.50. The molecule has 5 heteroatoms. The number of carbonyl (C=O) groups is 2. The van der Waals surface area contributed by atoms with E-state index in [2.05, 4.69) is 4.84 Å². The summed E-state index contributed by atoms with van der Waals surface area (Å²) >= 11 is 0. The van der Waals surface area contributed by atoms with Crippen molar-refractivity contribution >= 4 is 11.9 Å². The molecule has 0 N–H and O–H groups in total. The maximum absolute atomic E-state index is 11.6. The number of rotatable bonds is 3. The Bertz CT molecular complexity index is 399. The topological polar surface area (TPSA) is 55.8 Å². The summed E-state index contributed by atoms with van der Waals surface area (Å²) in [6.45, 7) is 1.25. The Morgan fingerprint density at radius 3 is 2.29 bits per heavy atom. The third-order valence-corrected chi connectivity index (χ3v) is 2.13. The van der Waals surface area contributed by atoms with Crippen molar-refractivity contribution in [3.63, 3.8) is 0 Å². The van der Waals surface area contributed by atoms with Gasteiger partial charge in [0.05, 0.1) is 13.5 Å². The molecular formula is C12H15NO4. The van der Waals surface area contributed by atoms with E-state index < -0.39 is 5.97 Å². The summed E-state index contributed by atoms with van der Waals surface area (Å²) in [7, 11) is 2.99. The number of hydrogen-bond acceptors (Lipinski definition) is 4. The minimum absolute atomic E-state index is 0.174. The molecule has 0 unspecified atom stereocenters. The number of amides is 1. The monoisotopic (exact) mass is 237 g/mol. The quantitative estimate of drug-likeness (QED) is 0.740. The fourth-order valence-electron chi connectivity index (χ4n) is 1.27. The molecule has 1 aromatic rings. The molecule has 17 heavy (non-hydrogen) atoms. The lowest BCUT2D eigenvalue weighted by atomic mass is 10.1. The van der Waals surface area contributed by atoms with Crippen LogP contribution in [-0.2, 0) is 20.8 Å². The molecule has 5 nitrogen and oxygen atoms in total. The number of hydrogen-bond donors (Lipinski definition) is 0. The maximum atomic E-state index is 11.6. The van der Waals surface area contributed by atoms with Gasteiger partial charge in [0.15, 0.2) is 0 Å². The largest absolute Gasteiger partial charge is 0.497 e. The lowest BCUT2D eigenvalue weighted by molar-refractivity contribution is -0.190. The van der Waals surface area contributed by atoms with Gasteiger partial charge >= 0.3 is 5.97 Å². The van der Waals surface area contributed by atoms with Crippen LogP contribution in [0.15, 0.2) is 24.3 Å². The van der Waals surface area contributed by atoms with Crippen LogP contribution in [0.4, 0.5) is 0 Å². The third kappa shape index (κ3) is 4.14. The molecule has 0 aliphatic carbocycles. The molecule has 0 saturated carbocycles. The highest BCUT2D eigenvalue weighted by atomic mass is 16.7. The first-order valence-corrected chi connectivity index (χ1v) is 5.11. The van der Waals surface area contributed by atoms with Gasteiger partial charge in [-0.2, -0.15) is 5.06 Å². The molecule has 1 amide bonds. The second-order valence-corrected chi connectivity index (χ2v) is 3.50. The molecule has 0 bridgehead atoms. The molecule has 92 valence electrons. The van der Waals surface area contributed by atoms with Gasteiger partial charge in [0.2, 0.25) is 0 Å². The molecule has 0 radical (unpaired) electrons. The van der Waals surface area contributed by atoms with E-state index in [4.69, 9.17) is 4.74 Å². The van der Waals surface area contributed by atoms with Crippen LogP contribution >= 0.6 is 0 Å². The average Bonchev–Trinajstić information content (AvgIpc) is 2.29. The van der Waals surface area contributed by atoms with Crippen LogP contribution in [-0.4, -0.2) is 31.1 Å². The predicted molar refractivity (Wildman–Crippen MR) is 61.2 cm³/mol. The SMILES string of the molecule is COc1ccc(CC(=O)N(C)OC(C)=O)cc1. The van der Waals surface area contributed by atoms with E-state index >= 15 is 0 Å². The first-order valence-electron chi connectivity index (χ1n) is 5.11. The fraction of sp³-hybridized carbons (Fsp3) is 0.333. The Balaban J connectivity index is 2.58. The van der Waals surface area contributed by atoms with E-state index in [1.54, 1.807) is 31.4 Å². The van der Waals surface area contributed by atoms with E-state index in [1.807, 2.05) is 0 Å². The molecule has 1 aromatic carbocycles. The van der Waals surface area contributed by atoms with Crippen molar-refractivity contribution in [3.8, 4) is 5.75 Å². The molecule has 0 spiro atoms. The molecule has 0 atom stereocenters. The number of nitrogens with zero attached hydrogens (tertiary/aromatic N) is 1. The molecule has 0 fully saturated rings. The Kier molecular flexibility index (Phi) is 4.51. The highest BCUT2D eigenvalue weighted by molar-refractivity contribution is 5.79.